The van der Waals surface area contributed by atoms with E-state index in [9.17, 15) is 21.6 Å². The average molecular weight is 250 g/mol. The quantitative estimate of drug-likeness (QED) is 0.447. The zero-order valence-corrected chi connectivity index (χ0v) is 8.89. The fourth-order valence-electron chi connectivity index (χ4n) is 0.872. The summed E-state index contributed by atoms with van der Waals surface area (Å²) in [4.78, 5) is 0. The molecule has 0 saturated heterocycles. The summed E-state index contributed by atoms with van der Waals surface area (Å²) in [6, 6.07) is 3.79. The molecule has 0 aromatic heterocycles. The molecule has 0 bridgehead atoms. The maximum atomic E-state index is 12.0. The highest BCUT2D eigenvalue weighted by Crippen LogP contribution is 2.27. The molecule has 0 aliphatic heterocycles. The van der Waals surface area contributed by atoms with Crippen molar-refractivity contribution in [1.82, 2.24) is 0 Å². The highest BCUT2D eigenvalue weighted by molar-refractivity contribution is 7.88. The Morgan fingerprint density at radius 1 is 1.31 bits per heavy atom. The lowest BCUT2D eigenvalue weighted by molar-refractivity contribution is -0.0500. The Hall–Kier alpha value is -1.18. The molecule has 1 aromatic carbocycles. The summed E-state index contributed by atoms with van der Waals surface area (Å²) in [6.07, 6.45) is 0. The molecule has 86 valence electrons. The lowest BCUT2D eigenvalue weighted by Crippen LogP contribution is -2.28. The SMILES string of the molecule is [B]c1ccc(C)c(OS(=O)(=O)C(F)(F)F)c1. The van der Waals surface area contributed by atoms with Crippen molar-refractivity contribution >= 4 is 23.4 Å². The van der Waals surface area contributed by atoms with Gasteiger partial charge >= 0.3 is 15.6 Å². The van der Waals surface area contributed by atoms with Crippen LogP contribution in [-0.4, -0.2) is 21.8 Å². The van der Waals surface area contributed by atoms with Crippen LogP contribution in [-0.2, 0) is 10.1 Å². The normalized spacial score (nSPS) is 12.5. The lowest BCUT2D eigenvalue weighted by Gasteiger charge is -2.11. The lowest BCUT2D eigenvalue weighted by atomic mass is 9.95. The van der Waals surface area contributed by atoms with Gasteiger partial charge in [0.2, 0.25) is 0 Å². The van der Waals surface area contributed by atoms with Gasteiger partial charge in [0.25, 0.3) is 0 Å². The van der Waals surface area contributed by atoms with Gasteiger partial charge in [0.15, 0.2) is 0 Å². The van der Waals surface area contributed by atoms with E-state index in [1.807, 2.05) is 0 Å². The minimum absolute atomic E-state index is 0.109. The van der Waals surface area contributed by atoms with E-state index in [0.717, 1.165) is 6.07 Å². The minimum atomic E-state index is -5.65. The first-order valence-electron chi connectivity index (χ1n) is 4.00. The molecule has 0 unspecified atom stereocenters. The number of halogens is 3. The topological polar surface area (TPSA) is 43.4 Å². The average Bonchev–Trinajstić information content (AvgIpc) is 2.09. The van der Waals surface area contributed by atoms with Gasteiger partial charge in [0, 0.05) is 0 Å². The summed E-state index contributed by atoms with van der Waals surface area (Å²) in [5.41, 5.74) is -5.11. The van der Waals surface area contributed by atoms with Gasteiger partial charge in [-0.2, -0.15) is 21.6 Å². The second kappa shape index (κ2) is 4.01. The Balaban J connectivity index is 3.11. The van der Waals surface area contributed by atoms with Gasteiger partial charge in [-0.3, -0.25) is 0 Å². The standard InChI is InChI=1S/C8H6BF3O3S/c1-5-2-3-6(9)4-7(5)15-16(13,14)8(10,11)12/h2-4H,1H3. The van der Waals surface area contributed by atoms with Crippen LogP contribution in [0.3, 0.4) is 0 Å². The van der Waals surface area contributed by atoms with Gasteiger partial charge in [0.05, 0.1) is 0 Å². The van der Waals surface area contributed by atoms with Crippen LogP contribution in [0.5, 0.6) is 5.75 Å². The smallest absolute Gasteiger partial charge is 0.376 e. The van der Waals surface area contributed by atoms with Crippen molar-refractivity contribution < 1.29 is 25.8 Å². The van der Waals surface area contributed by atoms with Crippen molar-refractivity contribution in [1.29, 1.82) is 0 Å². The van der Waals surface area contributed by atoms with Crippen LogP contribution in [0.25, 0.3) is 0 Å². The third-order valence-electron chi connectivity index (χ3n) is 1.70. The first kappa shape index (κ1) is 12.9. The minimum Gasteiger partial charge on any atom is -0.376 e. The van der Waals surface area contributed by atoms with E-state index in [1.54, 1.807) is 0 Å². The van der Waals surface area contributed by atoms with E-state index in [0.29, 0.717) is 0 Å². The molecule has 2 radical (unpaired) electrons. The van der Waals surface area contributed by atoms with Gasteiger partial charge in [-0.1, -0.05) is 17.6 Å². The Bertz CT molecular complexity index is 496. The van der Waals surface area contributed by atoms with Crippen LogP contribution in [0.4, 0.5) is 13.2 Å². The number of rotatable bonds is 2. The molecule has 0 amide bonds. The van der Waals surface area contributed by atoms with Crippen LogP contribution in [0.15, 0.2) is 18.2 Å². The van der Waals surface area contributed by atoms with E-state index in [4.69, 9.17) is 7.85 Å². The van der Waals surface area contributed by atoms with E-state index < -0.39 is 21.4 Å². The Kier molecular flexibility index (Phi) is 3.23. The van der Waals surface area contributed by atoms with Gasteiger partial charge in [-0.25, -0.2) is 0 Å². The van der Waals surface area contributed by atoms with Crippen LogP contribution >= 0.6 is 0 Å². The maximum absolute atomic E-state index is 12.0. The molecular weight excluding hydrogens is 244 g/mol. The Morgan fingerprint density at radius 3 is 2.38 bits per heavy atom. The largest absolute Gasteiger partial charge is 0.534 e. The fraction of sp³-hybridized carbons (Fsp3) is 0.250. The van der Waals surface area contributed by atoms with Crippen LogP contribution in [0, 0.1) is 6.92 Å². The molecule has 0 spiro atoms. The van der Waals surface area contributed by atoms with E-state index in [2.05, 4.69) is 4.18 Å². The summed E-state index contributed by atoms with van der Waals surface area (Å²) in [5, 5.41) is 0. The van der Waals surface area contributed by atoms with Gasteiger partial charge in [-0.05, 0) is 18.6 Å². The monoisotopic (exact) mass is 250 g/mol. The van der Waals surface area contributed by atoms with Gasteiger partial charge in [-0.15, -0.1) is 0 Å². The number of hydrogen-bond acceptors (Lipinski definition) is 3. The molecule has 8 heteroatoms. The first-order chi connectivity index (χ1) is 7.13. The Morgan fingerprint density at radius 2 is 1.88 bits per heavy atom. The molecule has 1 aromatic rings. The molecule has 0 saturated carbocycles. The molecule has 0 N–H and O–H groups in total. The number of alkyl halides is 3. The predicted molar refractivity (Wildman–Crippen MR) is 52.2 cm³/mol. The fourth-order valence-corrected chi connectivity index (χ4v) is 1.38. The van der Waals surface area contributed by atoms with E-state index >= 15 is 0 Å². The third-order valence-corrected chi connectivity index (χ3v) is 2.66. The summed E-state index contributed by atoms with van der Waals surface area (Å²) in [7, 11) is -0.346. The molecule has 3 nitrogen and oxygen atoms in total. The third kappa shape index (κ3) is 2.69. The summed E-state index contributed by atoms with van der Waals surface area (Å²) >= 11 is 0. The molecule has 0 fully saturated rings. The zero-order valence-electron chi connectivity index (χ0n) is 8.08. The highest BCUT2D eigenvalue weighted by atomic mass is 32.2. The summed E-state index contributed by atoms with van der Waals surface area (Å²) < 4.78 is 61.4. The Labute approximate surface area is 91.8 Å². The number of hydrogen-bond donors (Lipinski definition) is 0. The molecule has 1 rings (SSSR count). The number of benzene rings is 1. The van der Waals surface area contributed by atoms with Crippen molar-refractivity contribution in [2.45, 2.75) is 12.4 Å². The molecule has 0 atom stereocenters. The van der Waals surface area contributed by atoms with E-state index in [1.165, 1.54) is 19.1 Å². The second-order valence-corrected chi connectivity index (χ2v) is 4.55. The van der Waals surface area contributed by atoms with Crippen molar-refractivity contribution in [3.05, 3.63) is 23.8 Å². The molecule has 16 heavy (non-hydrogen) atoms. The highest BCUT2D eigenvalue weighted by Gasteiger charge is 2.48. The van der Waals surface area contributed by atoms with Crippen LogP contribution in [0.2, 0.25) is 0 Å². The maximum Gasteiger partial charge on any atom is 0.534 e. The van der Waals surface area contributed by atoms with Crippen molar-refractivity contribution in [2.75, 3.05) is 0 Å². The predicted octanol–water partition coefficient (Wildman–Crippen LogP) is 1.02. The molecular formula is C8H6BF3O3S. The van der Waals surface area contributed by atoms with Crippen molar-refractivity contribution in [3.63, 3.8) is 0 Å². The molecule has 0 aliphatic rings. The van der Waals surface area contributed by atoms with Crippen molar-refractivity contribution in [3.8, 4) is 5.75 Å². The summed E-state index contributed by atoms with van der Waals surface area (Å²) in [6.45, 7) is 1.40. The van der Waals surface area contributed by atoms with Crippen molar-refractivity contribution in [2.24, 2.45) is 0 Å². The van der Waals surface area contributed by atoms with Crippen LogP contribution in [0.1, 0.15) is 5.56 Å². The van der Waals surface area contributed by atoms with Gasteiger partial charge in [0.1, 0.15) is 13.6 Å². The molecule has 0 aliphatic carbocycles. The first-order valence-corrected chi connectivity index (χ1v) is 5.41. The number of aryl methyl sites for hydroxylation is 1. The second-order valence-electron chi connectivity index (χ2n) is 3.01. The van der Waals surface area contributed by atoms with Crippen LogP contribution < -0.4 is 9.65 Å². The van der Waals surface area contributed by atoms with E-state index in [-0.39, 0.29) is 11.0 Å². The molecule has 0 heterocycles. The summed E-state index contributed by atoms with van der Waals surface area (Å²) in [5.74, 6) is -0.433. The zero-order chi connectivity index (χ0) is 12.6. The van der Waals surface area contributed by atoms with Gasteiger partial charge < -0.3 is 4.18 Å².